The molecule has 122 valence electrons. The molecule has 0 N–H and O–H groups in total. The summed E-state index contributed by atoms with van der Waals surface area (Å²) in [5.74, 6) is 0.616. The molecule has 3 aromatic carbocycles. The molecule has 0 aliphatic carbocycles. The molecule has 25 heavy (non-hydrogen) atoms. The molecule has 0 fully saturated rings. The predicted octanol–water partition coefficient (Wildman–Crippen LogP) is 6.32. The standard InChI is InChI=1S/C21H15BrN2O/c1-14-4-2-7-19-20(14)24-21(25-19)16-5-3-6-18(12-16)23-13-15-8-10-17(22)11-9-15/h2-13H,1H3. The van der Waals surface area contributed by atoms with Crippen molar-refractivity contribution in [1.29, 1.82) is 0 Å². The van der Waals surface area contributed by atoms with Crippen molar-refractivity contribution in [3.8, 4) is 11.5 Å². The van der Waals surface area contributed by atoms with Gasteiger partial charge in [0.05, 0.1) is 5.69 Å². The van der Waals surface area contributed by atoms with Crippen LogP contribution in [-0.2, 0) is 0 Å². The number of hydrogen-bond donors (Lipinski definition) is 0. The summed E-state index contributed by atoms with van der Waals surface area (Å²) < 4.78 is 6.95. The van der Waals surface area contributed by atoms with Gasteiger partial charge in [0.2, 0.25) is 5.89 Å². The van der Waals surface area contributed by atoms with Crippen molar-refractivity contribution >= 4 is 38.9 Å². The molecule has 0 atom stereocenters. The SMILES string of the molecule is Cc1cccc2oc(-c3cccc(N=Cc4ccc(Br)cc4)c3)nc12. The Kier molecular flexibility index (Phi) is 4.20. The van der Waals surface area contributed by atoms with E-state index >= 15 is 0 Å². The third kappa shape index (κ3) is 3.39. The van der Waals surface area contributed by atoms with Crippen LogP contribution in [0.3, 0.4) is 0 Å². The molecule has 1 aromatic heterocycles. The molecule has 0 amide bonds. The molecule has 1 heterocycles. The second-order valence-corrected chi connectivity index (χ2v) is 6.72. The Labute approximate surface area is 154 Å². The maximum Gasteiger partial charge on any atom is 0.227 e. The van der Waals surface area contributed by atoms with Crippen LogP contribution in [0.1, 0.15) is 11.1 Å². The average molecular weight is 391 g/mol. The Morgan fingerprint density at radius 1 is 1.00 bits per heavy atom. The van der Waals surface area contributed by atoms with Crippen molar-refractivity contribution in [2.75, 3.05) is 0 Å². The number of hydrogen-bond acceptors (Lipinski definition) is 3. The van der Waals surface area contributed by atoms with Gasteiger partial charge in [-0.05, 0) is 54.4 Å². The van der Waals surface area contributed by atoms with Crippen LogP contribution in [0.5, 0.6) is 0 Å². The van der Waals surface area contributed by atoms with Crippen molar-refractivity contribution in [1.82, 2.24) is 4.98 Å². The molecule has 4 rings (SSSR count). The predicted molar refractivity (Wildman–Crippen MR) is 106 cm³/mol. The second kappa shape index (κ2) is 6.65. The maximum absolute atomic E-state index is 5.90. The van der Waals surface area contributed by atoms with Crippen LogP contribution >= 0.6 is 15.9 Å². The van der Waals surface area contributed by atoms with Gasteiger partial charge in [0, 0.05) is 16.3 Å². The van der Waals surface area contributed by atoms with Gasteiger partial charge < -0.3 is 4.42 Å². The third-order valence-electron chi connectivity index (χ3n) is 3.95. The van der Waals surface area contributed by atoms with Gasteiger partial charge >= 0.3 is 0 Å². The summed E-state index contributed by atoms with van der Waals surface area (Å²) in [6.07, 6.45) is 1.85. The van der Waals surface area contributed by atoms with E-state index in [2.05, 4.69) is 25.9 Å². The number of oxazole rings is 1. The van der Waals surface area contributed by atoms with Crippen molar-refractivity contribution in [3.05, 3.63) is 82.3 Å². The van der Waals surface area contributed by atoms with Crippen molar-refractivity contribution in [2.24, 2.45) is 4.99 Å². The fourth-order valence-electron chi connectivity index (χ4n) is 2.63. The molecule has 0 saturated heterocycles. The Morgan fingerprint density at radius 2 is 1.80 bits per heavy atom. The lowest BCUT2D eigenvalue weighted by atomic mass is 10.2. The molecule has 0 bridgehead atoms. The topological polar surface area (TPSA) is 38.4 Å². The first-order chi connectivity index (χ1) is 12.2. The van der Waals surface area contributed by atoms with Gasteiger partial charge in [0.1, 0.15) is 5.52 Å². The van der Waals surface area contributed by atoms with Crippen LogP contribution in [-0.4, -0.2) is 11.2 Å². The molecule has 0 unspecified atom stereocenters. The summed E-state index contributed by atoms with van der Waals surface area (Å²) in [7, 11) is 0. The summed E-state index contributed by atoms with van der Waals surface area (Å²) in [5, 5.41) is 0. The number of para-hydroxylation sites is 1. The van der Waals surface area contributed by atoms with E-state index in [9.17, 15) is 0 Å². The van der Waals surface area contributed by atoms with E-state index < -0.39 is 0 Å². The Morgan fingerprint density at radius 3 is 2.60 bits per heavy atom. The second-order valence-electron chi connectivity index (χ2n) is 5.80. The van der Waals surface area contributed by atoms with Crippen molar-refractivity contribution in [2.45, 2.75) is 6.92 Å². The Balaban J connectivity index is 1.66. The number of aryl methyl sites for hydroxylation is 1. The van der Waals surface area contributed by atoms with E-state index in [1.807, 2.05) is 79.9 Å². The lowest BCUT2D eigenvalue weighted by molar-refractivity contribution is 0.620. The summed E-state index contributed by atoms with van der Waals surface area (Å²) in [5.41, 5.74) is 5.64. The highest BCUT2D eigenvalue weighted by Gasteiger charge is 2.09. The van der Waals surface area contributed by atoms with Crippen LogP contribution < -0.4 is 0 Å². The van der Waals surface area contributed by atoms with Gasteiger partial charge in [-0.25, -0.2) is 4.98 Å². The van der Waals surface area contributed by atoms with Gasteiger partial charge in [0.25, 0.3) is 0 Å². The number of aliphatic imine (C=N–C) groups is 1. The zero-order chi connectivity index (χ0) is 17.2. The lowest BCUT2D eigenvalue weighted by Gasteiger charge is -1.98. The molecule has 4 aromatic rings. The largest absolute Gasteiger partial charge is 0.436 e. The number of rotatable bonds is 3. The van der Waals surface area contributed by atoms with Gasteiger partial charge in [-0.1, -0.05) is 46.3 Å². The Bertz CT molecular complexity index is 1060. The smallest absolute Gasteiger partial charge is 0.227 e. The number of fused-ring (bicyclic) bond motifs is 1. The van der Waals surface area contributed by atoms with E-state index in [4.69, 9.17) is 4.42 Å². The summed E-state index contributed by atoms with van der Waals surface area (Å²) in [4.78, 5) is 9.18. The fraction of sp³-hybridized carbons (Fsp3) is 0.0476. The van der Waals surface area contributed by atoms with Gasteiger partial charge in [-0.2, -0.15) is 0 Å². The van der Waals surface area contributed by atoms with E-state index in [0.29, 0.717) is 5.89 Å². The quantitative estimate of drug-likeness (QED) is 0.384. The molecular formula is C21H15BrN2O. The first kappa shape index (κ1) is 15.8. The highest BCUT2D eigenvalue weighted by atomic mass is 79.9. The summed E-state index contributed by atoms with van der Waals surface area (Å²) in [6.45, 7) is 2.04. The summed E-state index contributed by atoms with van der Waals surface area (Å²) in [6, 6.07) is 21.9. The molecular weight excluding hydrogens is 376 g/mol. The highest BCUT2D eigenvalue weighted by molar-refractivity contribution is 9.10. The minimum atomic E-state index is 0.616. The molecule has 3 nitrogen and oxygen atoms in total. The van der Waals surface area contributed by atoms with Crippen LogP contribution in [0.25, 0.3) is 22.6 Å². The molecule has 4 heteroatoms. The van der Waals surface area contributed by atoms with Crippen LogP contribution in [0.2, 0.25) is 0 Å². The minimum Gasteiger partial charge on any atom is -0.436 e. The highest BCUT2D eigenvalue weighted by Crippen LogP contribution is 2.28. The molecule has 0 saturated carbocycles. The van der Waals surface area contributed by atoms with Gasteiger partial charge in [-0.15, -0.1) is 0 Å². The molecule has 0 aliphatic rings. The van der Waals surface area contributed by atoms with Gasteiger partial charge in [0.15, 0.2) is 5.58 Å². The van der Waals surface area contributed by atoms with Gasteiger partial charge in [-0.3, -0.25) is 4.99 Å². The Hall–Kier alpha value is -2.72. The third-order valence-corrected chi connectivity index (χ3v) is 4.48. The minimum absolute atomic E-state index is 0.616. The maximum atomic E-state index is 5.90. The number of nitrogens with zero attached hydrogens (tertiary/aromatic N) is 2. The van der Waals surface area contributed by atoms with Crippen LogP contribution in [0, 0.1) is 6.92 Å². The first-order valence-corrected chi connectivity index (χ1v) is 8.74. The van der Waals surface area contributed by atoms with E-state index in [1.54, 1.807) is 0 Å². The molecule has 0 aliphatic heterocycles. The van der Waals surface area contributed by atoms with Crippen molar-refractivity contribution < 1.29 is 4.42 Å². The number of halogens is 1. The van der Waals surface area contributed by atoms with E-state index in [1.165, 1.54) is 0 Å². The van der Waals surface area contributed by atoms with E-state index in [-0.39, 0.29) is 0 Å². The number of benzene rings is 3. The van der Waals surface area contributed by atoms with Crippen molar-refractivity contribution in [3.63, 3.8) is 0 Å². The zero-order valence-corrected chi connectivity index (χ0v) is 15.2. The first-order valence-electron chi connectivity index (χ1n) is 7.95. The fourth-order valence-corrected chi connectivity index (χ4v) is 2.89. The lowest BCUT2D eigenvalue weighted by Crippen LogP contribution is -1.80. The summed E-state index contributed by atoms with van der Waals surface area (Å²) >= 11 is 3.43. The molecule has 0 spiro atoms. The molecule has 0 radical (unpaired) electrons. The van der Waals surface area contributed by atoms with Crippen LogP contribution in [0.4, 0.5) is 5.69 Å². The normalized spacial score (nSPS) is 11.4. The number of aromatic nitrogens is 1. The van der Waals surface area contributed by atoms with E-state index in [0.717, 1.165) is 38.0 Å². The van der Waals surface area contributed by atoms with Crippen LogP contribution in [0.15, 0.2) is 80.6 Å². The monoisotopic (exact) mass is 390 g/mol. The zero-order valence-electron chi connectivity index (χ0n) is 13.6. The average Bonchev–Trinajstić information content (AvgIpc) is 3.07.